The topological polar surface area (TPSA) is 95.5 Å². The number of carboxylic acids is 1. The molecule has 0 aliphatic heterocycles. The number of nitrogens with one attached hydrogen (secondary N) is 2. The van der Waals surface area contributed by atoms with E-state index in [0.717, 1.165) is 0 Å². The first kappa shape index (κ1) is 14.5. The van der Waals surface area contributed by atoms with Crippen LogP contribution in [0.4, 0.5) is 0 Å². The van der Waals surface area contributed by atoms with Crippen LogP contribution < -0.4 is 10.6 Å². The Morgan fingerprint density at radius 2 is 1.83 bits per heavy atom. The van der Waals surface area contributed by atoms with E-state index < -0.39 is 17.8 Å². The van der Waals surface area contributed by atoms with Gasteiger partial charge in [-0.2, -0.15) is 0 Å². The Hall–Kier alpha value is -1.59. The second-order valence-electron chi connectivity index (χ2n) is 5.63. The minimum absolute atomic E-state index is 0.131. The predicted octanol–water partition coefficient (Wildman–Crippen LogP) is 0.128. The van der Waals surface area contributed by atoms with E-state index in [1.54, 1.807) is 0 Å². The van der Waals surface area contributed by atoms with Crippen molar-refractivity contribution < 1.29 is 19.5 Å². The second-order valence-corrected chi connectivity index (χ2v) is 5.63. The van der Waals surface area contributed by atoms with Crippen LogP contribution in [0.25, 0.3) is 0 Å². The monoisotopic (exact) mass is 256 g/mol. The zero-order chi connectivity index (χ0) is 13.9. The van der Waals surface area contributed by atoms with Crippen LogP contribution in [0.1, 0.15) is 33.6 Å². The zero-order valence-corrected chi connectivity index (χ0v) is 10.9. The van der Waals surface area contributed by atoms with Crippen molar-refractivity contribution in [1.29, 1.82) is 0 Å². The van der Waals surface area contributed by atoms with Crippen LogP contribution in [-0.4, -0.2) is 35.0 Å². The molecule has 2 unspecified atom stereocenters. The van der Waals surface area contributed by atoms with Crippen molar-refractivity contribution in [2.75, 3.05) is 6.54 Å². The fourth-order valence-electron chi connectivity index (χ4n) is 1.67. The number of amides is 2. The van der Waals surface area contributed by atoms with Crippen molar-refractivity contribution in [2.24, 2.45) is 11.8 Å². The third kappa shape index (κ3) is 4.73. The molecule has 1 fully saturated rings. The van der Waals surface area contributed by atoms with Crippen LogP contribution in [-0.2, 0) is 14.4 Å². The van der Waals surface area contributed by atoms with Crippen molar-refractivity contribution in [3.63, 3.8) is 0 Å². The molecule has 0 heterocycles. The summed E-state index contributed by atoms with van der Waals surface area (Å²) in [7, 11) is 0. The molecule has 1 aliphatic rings. The molecule has 18 heavy (non-hydrogen) atoms. The molecule has 1 aliphatic carbocycles. The first-order valence-electron chi connectivity index (χ1n) is 6.02. The lowest BCUT2D eigenvalue weighted by Crippen LogP contribution is -2.42. The number of rotatable bonds is 5. The maximum atomic E-state index is 11.5. The summed E-state index contributed by atoms with van der Waals surface area (Å²) in [6.07, 6.45) is 0.600. The van der Waals surface area contributed by atoms with E-state index in [2.05, 4.69) is 10.6 Å². The van der Waals surface area contributed by atoms with E-state index in [9.17, 15) is 14.4 Å². The van der Waals surface area contributed by atoms with Crippen molar-refractivity contribution in [2.45, 2.75) is 39.2 Å². The van der Waals surface area contributed by atoms with Gasteiger partial charge in [-0.1, -0.05) is 0 Å². The van der Waals surface area contributed by atoms with Crippen LogP contribution in [0.15, 0.2) is 0 Å². The van der Waals surface area contributed by atoms with E-state index in [-0.39, 0.29) is 30.3 Å². The summed E-state index contributed by atoms with van der Waals surface area (Å²) in [5, 5.41) is 14.0. The van der Waals surface area contributed by atoms with Crippen LogP contribution in [0, 0.1) is 11.8 Å². The quantitative estimate of drug-likeness (QED) is 0.651. The Kier molecular flexibility index (Phi) is 4.32. The summed E-state index contributed by atoms with van der Waals surface area (Å²) >= 11 is 0. The van der Waals surface area contributed by atoms with Gasteiger partial charge in [0.15, 0.2) is 0 Å². The highest BCUT2D eigenvalue weighted by Crippen LogP contribution is 2.38. The summed E-state index contributed by atoms with van der Waals surface area (Å²) in [4.78, 5) is 33.5. The maximum absolute atomic E-state index is 11.5. The Bertz CT molecular complexity index is 360. The minimum Gasteiger partial charge on any atom is -0.481 e. The average molecular weight is 256 g/mol. The fourth-order valence-corrected chi connectivity index (χ4v) is 1.67. The molecule has 0 aromatic carbocycles. The van der Waals surface area contributed by atoms with Gasteiger partial charge in [0, 0.05) is 18.5 Å². The Labute approximate surface area is 106 Å². The van der Waals surface area contributed by atoms with Crippen LogP contribution in [0.2, 0.25) is 0 Å². The number of hydrogen-bond acceptors (Lipinski definition) is 3. The molecule has 1 saturated carbocycles. The van der Waals surface area contributed by atoms with Crippen molar-refractivity contribution >= 4 is 17.8 Å². The highest BCUT2D eigenvalue weighted by atomic mass is 16.4. The Balaban J connectivity index is 2.17. The summed E-state index contributed by atoms with van der Waals surface area (Å²) in [5.74, 6) is -2.30. The summed E-state index contributed by atoms with van der Waals surface area (Å²) in [6, 6.07) is 0. The number of carbonyl (C=O) groups is 3. The van der Waals surface area contributed by atoms with E-state index in [0.29, 0.717) is 6.42 Å². The molecule has 0 saturated heterocycles. The molecule has 6 nitrogen and oxygen atoms in total. The first-order valence-corrected chi connectivity index (χ1v) is 6.02. The number of aliphatic carboxylic acids is 1. The molecule has 2 amide bonds. The molecule has 0 aromatic heterocycles. The molecule has 6 heteroatoms. The highest BCUT2D eigenvalue weighted by Gasteiger charge is 2.48. The summed E-state index contributed by atoms with van der Waals surface area (Å²) in [6.45, 7) is 5.88. The van der Waals surface area contributed by atoms with Gasteiger partial charge in [-0.3, -0.25) is 14.4 Å². The van der Waals surface area contributed by atoms with Gasteiger partial charge in [-0.05, 0) is 27.2 Å². The molecule has 0 aromatic rings. The number of carbonyl (C=O) groups excluding carboxylic acids is 2. The Morgan fingerprint density at radius 1 is 1.22 bits per heavy atom. The smallest absolute Gasteiger partial charge is 0.307 e. The van der Waals surface area contributed by atoms with E-state index in [4.69, 9.17) is 5.11 Å². The largest absolute Gasteiger partial charge is 0.481 e. The van der Waals surface area contributed by atoms with E-state index >= 15 is 0 Å². The number of hydrogen-bond donors (Lipinski definition) is 3. The molecule has 3 N–H and O–H groups in total. The maximum Gasteiger partial charge on any atom is 0.307 e. The zero-order valence-electron chi connectivity index (χ0n) is 10.9. The summed E-state index contributed by atoms with van der Waals surface area (Å²) < 4.78 is 0. The van der Waals surface area contributed by atoms with E-state index in [1.807, 2.05) is 20.8 Å². The summed E-state index contributed by atoms with van der Waals surface area (Å²) in [5.41, 5.74) is -0.286. The molecular weight excluding hydrogens is 236 g/mol. The third-order valence-electron chi connectivity index (χ3n) is 2.61. The molecule has 0 spiro atoms. The van der Waals surface area contributed by atoms with Gasteiger partial charge in [-0.15, -0.1) is 0 Å². The average Bonchev–Trinajstić information content (AvgIpc) is 2.93. The highest BCUT2D eigenvalue weighted by molar-refractivity contribution is 5.89. The predicted molar refractivity (Wildman–Crippen MR) is 64.8 cm³/mol. The number of carboxylic acid groups (broad SMARTS) is 1. The Morgan fingerprint density at radius 3 is 2.28 bits per heavy atom. The standard InChI is InChI=1S/C12H20N2O4/c1-12(2,3)14-9(15)4-5-13-10(16)7-6-8(7)11(17)18/h7-8H,4-6H2,1-3H3,(H,13,16)(H,14,15)(H,17,18). The molecule has 2 atom stereocenters. The lowest BCUT2D eigenvalue weighted by Gasteiger charge is -2.20. The lowest BCUT2D eigenvalue weighted by atomic mass is 10.1. The van der Waals surface area contributed by atoms with Crippen LogP contribution >= 0.6 is 0 Å². The van der Waals surface area contributed by atoms with Gasteiger partial charge in [0.1, 0.15) is 0 Å². The van der Waals surface area contributed by atoms with Gasteiger partial charge < -0.3 is 15.7 Å². The van der Waals surface area contributed by atoms with Gasteiger partial charge in [0.2, 0.25) is 11.8 Å². The van der Waals surface area contributed by atoms with Gasteiger partial charge in [0.05, 0.1) is 11.8 Å². The SMILES string of the molecule is CC(C)(C)NC(=O)CCNC(=O)C1CC1C(=O)O. The fraction of sp³-hybridized carbons (Fsp3) is 0.750. The van der Waals surface area contributed by atoms with Crippen molar-refractivity contribution in [3.05, 3.63) is 0 Å². The molecule has 102 valence electrons. The first-order chi connectivity index (χ1) is 8.20. The van der Waals surface area contributed by atoms with Crippen molar-refractivity contribution in [1.82, 2.24) is 10.6 Å². The minimum atomic E-state index is -0.930. The molecule has 0 radical (unpaired) electrons. The van der Waals surface area contributed by atoms with Crippen LogP contribution in [0.3, 0.4) is 0 Å². The van der Waals surface area contributed by atoms with Gasteiger partial charge >= 0.3 is 5.97 Å². The normalized spacial score (nSPS) is 22.2. The van der Waals surface area contributed by atoms with Gasteiger partial charge in [0.25, 0.3) is 0 Å². The third-order valence-corrected chi connectivity index (χ3v) is 2.61. The lowest BCUT2D eigenvalue weighted by molar-refractivity contribution is -0.140. The van der Waals surface area contributed by atoms with Gasteiger partial charge in [-0.25, -0.2) is 0 Å². The molecule has 1 rings (SSSR count). The molecule has 0 bridgehead atoms. The molecular formula is C12H20N2O4. The second kappa shape index (κ2) is 5.37. The van der Waals surface area contributed by atoms with Crippen molar-refractivity contribution in [3.8, 4) is 0 Å². The van der Waals surface area contributed by atoms with E-state index in [1.165, 1.54) is 0 Å². The van der Waals surface area contributed by atoms with Crippen LogP contribution in [0.5, 0.6) is 0 Å².